The second-order valence-electron chi connectivity index (χ2n) is 6.35. The number of anilines is 1. The summed E-state index contributed by atoms with van der Waals surface area (Å²) in [6.07, 6.45) is -4.41. The quantitative estimate of drug-likeness (QED) is 0.574. The van der Waals surface area contributed by atoms with Crippen molar-refractivity contribution in [1.29, 1.82) is 0 Å². The number of benzene rings is 2. The first kappa shape index (κ1) is 19.0. The zero-order valence-electron chi connectivity index (χ0n) is 14.4. The number of rotatable bonds is 3. The molecule has 1 aliphatic rings. The zero-order chi connectivity index (χ0) is 19.1. The molecule has 0 saturated heterocycles. The Bertz CT molecular complexity index is 869. The molecule has 0 radical (unpaired) electrons. The van der Waals surface area contributed by atoms with Gasteiger partial charge in [0.15, 0.2) is 5.96 Å². The minimum atomic E-state index is -4.41. The summed E-state index contributed by atoms with van der Waals surface area (Å²) in [4.78, 5) is 5.93. The first-order valence-corrected chi connectivity index (χ1v) is 8.95. The Morgan fingerprint density at radius 2 is 2.04 bits per heavy atom. The maximum atomic E-state index is 12.8. The molecule has 2 aromatic carbocycles. The van der Waals surface area contributed by atoms with Crippen molar-refractivity contribution >= 4 is 38.3 Å². The van der Waals surface area contributed by atoms with E-state index in [-0.39, 0.29) is 12.5 Å². The van der Waals surface area contributed by atoms with Crippen LogP contribution in [0, 0.1) is 0 Å². The third kappa shape index (κ3) is 3.40. The highest BCUT2D eigenvalue weighted by molar-refractivity contribution is 9.10. The largest absolute Gasteiger partial charge is 0.411 e. The molecular weight excluding hydrogens is 411 g/mol. The highest BCUT2D eigenvalue weighted by atomic mass is 79.9. The lowest BCUT2D eigenvalue weighted by atomic mass is 9.92. The van der Waals surface area contributed by atoms with E-state index in [1.165, 1.54) is 0 Å². The van der Waals surface area contributed by atoms with Gasteiger partial charge < -0.3 is 15.4 Å². The van der Waals surface area contributed by atoms with Crippen LogP contribution < -0.4 is 10.6 Å². The van der Waals surface area contributed by atoms with Crippen molar-refractivity contribution in [2.45, 2.75) is 25.6 Å². The Kier molecular flexibility index (Phi) is 4.92. The lowest BCUT2D eigenvalue weighted by Crippen LogP contribution is -2.42. The van der Waals surface area contributed by atoms with Crippen LogP contribution in [-0.4, -0.2) is 31.8 Å². The number of fused-ring (bicyclic) bond motifs is 3. The number of nitrogens with two attached hydrogens (primary N) is 1. The molecular formula is C18H19BrF3N3O. The average Bonchev–Trinajstić information content (AvgIpc) is 2.87. The lowest BCUT2D eigenvalue weighted by molar-refractivity contribution is -0.201. The van der Waals surface area contributed by atoms with Crippen molar-refractivity contribution in [3.05, 3.63) is 40.4 Å². The number of nitrogens with zero attached hydrogens (tertiary/aromatic N) is 2. The molecule has 1 unspecified atom stereocenters. The van der Waals surface area contributed by atoms with Gasteiger partial charge in [0.05, 0.1) is 12.2 Å². The van der Waals surface area contributed by atoms with Crippen molar-refractivity contribution in [3.63, 3.8) is 0 Å². The molecule has 1 aliphatic heterocycles. The maximum absolute atomic E-state index is 12.8. The Hall–Kier alpha value is -1.80. The summed E-state index contributed by atoms with van der Waals surface area (Å²) < 4.78 is 44.7. The SMILES string of the molecule is CCN=C(N)N1CC(C)(OCC(F)(F)F)c2c1ccc1c(Br)cccc21. The van der Waals surface area contributed by atoms with Crippen LogP contribution in [0.4, 0.5) is 18.9 Å². The summed E-state index contributed by atoms with van der Waals surface area (Å²) in [6.45, 7) is 2.83. The molecule has 0 fully saturated rings. The molecule has 0 aliphatic carbocycles. The topological polar surface area (TPSA) is 50.8 Å². The van der Waals surface area contributed by atoms with Crippen LogP contribution in [0.15, 0.2) is 39.8 Å². The van der Waals surface area contributed by atoms with Gasteiger partial charge in [0, 0.05) is 16.6 Å². The number of hydrogen-bond acceptors (Lipinski definition) is 2. The van der Waals surface area contributed by atoms with Gasteiger partial charge in [-0.15, -0.1) is 0 Å². The van der Waals surface area contributed by atoms with E-state index in [1.807, 2.05) is 37.3 Å². The van der Waals surface area contributed by atoms with Crippen LogP contribution in [-0.2, 0) is 10.3 Å². The third-order valence-electron chi connectivity index (χ3n) is 4.42. The zero-order valence-corrected chi connectivity index (χ0v) is 16.0. The molecule has 2 N–H and O–H groups in total. The molecule has 3 rings (SSSR count). The Labute approximate surface area is 157 Å². The molecule has 1 atom stereocenters. The molecule has 2 aromatic rings. The minimum absolute atomic E-state index is 0.166. The molecule has 140 valence electrons. The van der Waals surface area contributed by atoms with Crippen molar-refractivity contribution in [3.8, 4) is 0 Å². The number of hydrogen-bond donors (Lipinski definition) is 1. The van der Waals surface area contributed by atoms with Crippen molar-refractivity contribution < 1.29 is 17.9 Å². The summed E-state index contributed by atoms with van der Waals surface area (Å²) in [5, 5.41) is 1.73. The van der Waals surface area contributed by atoms with Gasteiger partial charge in [-0.25, -0.2) is 0 Å². The van der Waals surface area contributed by atoms with E-state index in [2.05, 4.69) is 20.9 Å². The monoisotopic (exact) mass is 429 g/mol. The first-order valence-electron chi connectivity index (χ1n) is 8.16. The van der Waals surface area contributed by atoms with E-state index >= 15 is 0 Å². The fraction of sp³-hybridized carbons (Fsp3) is 0.389. The summed E-state index contributed by atoms with van der Waals surface area (Å²) >= 11 is 3.50. The molecule has 26 heavy (non-hydrogen) atoms. The van der Waals surface area contributed by atoms with Crippen LogP contribution in [0.1, 0.15) is 19.4 Å². The van der Waals surface area contributed by atoms with Gasteiger partial charge in [-0.05, 0) is 36.8 Å². The van der Waals surface area contributed by atoms with Crippen LogP contribution in [0.2, 0.25) is 0 Å². The van der Waals surface area contributed by atoms with Gasteiger partial charge >= 0.3 is 6.18 Å². The van der Waals surface area contributed by atoms with Gasteiger partial charge in [-0.3, -0.25) is 4.99 Å². The molecule has 0 amide bonds. The second-order valence-corrected chi connectivity index (χ2v) is 7.20. The van der Waals surface area contributed by atoms with Crippen LogP contribution >= 0.6 is 15.9 Å². The fourth-order valence-corrected chi connectivity index (χ4v) is 3.86. The lowest BCUT2D eigenvalue weighted by Gasteiger charge is -2.28. The Morgan fingerprint density at radius 3 is 2.69 bits per heavy atom. The number of aliphatic imine (C=N–C) groups is 1. The van der Waals surface area contributed by atoms with Gasteiger partial charge in [0.25, 0.3) is 0 Å². The normalized spacial score (nSPS) is 20.7. The maximum Gasteiger partial charge on any atom is 0.411 e. The van der Waals surface area contributed by atoms with Crippen LogP contribution in [0.25, 0.3) is 10.8 Å². The molecule has 0 aromatic heterocycles. The van der Waals surface area contributed by atoms with E-state index in [9.17, 15) is 13.2 Å². The van der Waals surface area contributed by atoms with Gasteiger partial charge in [-0.2, -0.15) is 13.2 Å². The Morgan fingerprint density at radius 1 is 1.31 bits per heavy atom. The van der Waals surface area contributed by atoms with Crippen molar-refractivity contribution in [2.24, 2.45) is 10.7 Å². The summed E-state index contributed by atoms with van der Waals surface area (Å²) in [5.41, 5.74) is 6.31. The van der Waals surface area contributed by atoms with E-state index < -0.39 is 18.4 Å². The highest BCUT2D eigenvalue weighted by Crippen LogP contribution is 2.47. The summed E-state index contributed by atoms with van der Waals surface area (Å²) in [6, 6.07) is 9.39. The molecule has 0 bridgehead atoms. The van der Waals surface area contributed by atoms with Gasteiger partial charge in [0.2, 0.25) is 0 Å². The van der Waals surface area contributed by atoms with E-state index in [0.717, 1.165) is 20.9 Å². The predicted octanol–water partition coefficient (Wildman–Crippen LogP) is 4.55. The number of guanidine groups is 1. The predicted molar refractivity (Wildman–Crippen MR) is 101 cm³/mol. The Balaban J connectivity index is 2.18. The minimum Gasteiger partial charge on any atom is -0.370 e. The molecule has 0 saturated carbocycles. The van der Waals surface area contributed by atoms with Gasteiger partial charge in [-0.1, -0.05) is 34.1 Å². The first-order chi connectivity index (χ1) is 12.2. The smallest absolute Gasteiger partial charge is 0.370 e. The fourth-order valence-electron chi connectivity index (χ4n) is 3.37. The van der Waals surface area contributed by atoms with Gasteiger partial charge in [0.1, 0.15) is 12.2 Å². The second kappa shape index (κ2) is 6.74. The molecule has 0 spiro atoms. The number of alkyl halides is 3. The van der Waals surface area contributed by atoms with Crippen LogP contribution in [0.3, 0.4) is 0 Å². The van der Waals surface area contributed by atoms with Crippen LogP contribution in [0.5, 0.6) is 0 Å². The summed E-state index contributed by atoms with van der Waals surface area (Å²) in [7, 11) is 0. The standard InChI is InChI=1S/C18H19BrF3N3O/c1-3-24-16(23)25-9-17(2,26-10-18(20,21)22)15-12-5-4-6-13(19)11(12)7-8-14(15)25/h4-8H,3,9-10H2,1-2H3,(H2,23,24). The van der Waals surface area contributed by atoms with E-state index in [4.69, 9.17) is 10.5 Å². The van der Waals surface area contributed by atoms with E-state index in [1.54, 1.807) is 11.8 Å². The average molecular weight is 430 g/mol. The third-order valence-corrected chi connectivity index (χ3v) is 5.11. The summed E-state index contributed by atoms with van der Waals surface area (Å²) in [5.74, 6) is 0.266. The molecule has 8 heteroatoms. The highest BCUT2D eigenvalue weighted by Gasteiger charge is 2.45. The number of halogens is 4. The molecule has 4 nitrogen and oxygen atoms in total. The number of ether oxygens (including phenoxy) is 1. The van der Waals surface area contributed by atoms with Crippen molar-refractivity contribution in [1.82, 2.24) is 0 Å². The molecule has 1 heterocycles. The van der Waals surface area contributed by atoms with Crippen molar-refractivity contribution in [2.75, 3.05) is 24.6 Å². The van der Waals surface area contributed by atoms with E-state index in [0.29, 0.717) is 12.1 Å².